The fourth-order valence-corrected chi connectivity index (χ4v) is 4.05. The van der Waals surface area contributed by atoms with E-state index in [-0.39, 0.29) is 11.2 Å². The van der Waals surface area contributed by atoms with Gasteiger partial charge in [-0.05, 0) is 41.8 Å². The Labute approximate surface area is 170 Å². The Balaban J connectivity index is 1.76. The van der Waals surface area contributed by atoms with Gasteiger partial charge in [0, 0.05) is 0 Å². The predicted octanol–water partition coefficient (Wildman–Crippen LogP) is 4.72. The SMILES string of the molecule is CCCCC1S/C(=N\N=C\c2ccc(OC)cc2)N(Cc2ccccc2)C1=O. The second kappa shape index (κ2) is 10.1. The van der Waals surface area contributed by atoms with Crippen molar-refractivity contribution < 1.29 is 9.53 Å². The normalized spacial score (nSPS) is 18.4. The minimum Gasteiger partial charge on any atom is -0.497 e. The molecule has 0 aromatic heterocycles. The van der Waals surface area contributed by atoms with Gasteiger partial charge in [-0.1, -0.05) is 61.9 Å². The molecule has 5 nitrogen and oxygen atoms in total. The van der Waals surface area contributed by atoms with Gasteiger partial charge in [0.15, 0.2) is 5.17 Å². The molecule has 1 fully saturated rings. The largest absolute Gasteiger partial charge is 0.497 e. The highest BCUT2D eigenvalue weighted by molar-refractivity contribution is 8.15. The van der Waals surface area contributed by atoms with Crippen LogP contribution < -0.4 is 4.74 Å². The van der Waals surface area contributed by atoms with E-state index >= 15 is 0 Å². The van der Waals surface area contributed by atoms with Crippen molar-refractivity contribution in [3.63, 3.8) is 0 Å². The van der Waals surface area contributed by atoms with Crippen LogP contribution in [0.4, 0.5) is 0 Å². The van der Waals surface area contributed by atoms with Gasteiger partial charge in [-0.25, -0.2) is 0 Å². The van der Waals surface area contributed by atoms with Crippen LogP contribution in [0.2, 0.25) is 0 Å². The van der Waals surface area contributed by atoms with Gasteiger partial charge in [0.1, 0.15) is 5.75 Å². The molecular formula is C22H25N3O2S. The van der Waals surface area contributed by atoms with Crippen LogP contribution in [0.3, 0.4) is 0 Å². The van der Waals surface area contributed by atoms with Gasteiger partial charge < -0.3 is 4.74 Å². The lowest BCUT2D eigenvalue weighted by atomic mass is 10.1. The Morgan fingerprint density at radius 2 is 1.89 bits per heavy atom. The first-order chi connectivity index (χ1) is 13.7. The number of carbonyl (C=O) groups excluding carboxylic acids is 1. The first-order valence-corrected chi connectivity index (χ1v) is 10.4. The molecule has 0 N–H and O–H groups in total. The second-order valence-electron chi connectivity index (χ2n) is 6.56. The summed E-state index contributed by atoms with van der Waals surface area (Å²) in [6.45, 7) is 2.66. The molecule has 146 valence electrons. The van der Waals surface area contributed by atoms with Crippen LogP contribution in [-0.4, -0.2) is 34.5 Å². The van der Waals surface area contributed by atoms with Crippen LogP contribution in [0.1, 0.15) is 37.3 Å². The Morgan fingerprint density at radius 1 is 1.14 bits per heavy atom. The van der Waals surface area contributed by atoms with Crippen molar-refractivity contribution in [2.45, 2.75) is 38.0 Å². The molecule has 6 heteroatoms. The number of hydrogen-bond acceptors (Lipinski definition) is 5. The molecule has 0 bridgehead atoms. The summed E-state index contributed by atoms with van der Waals surface area (Å²) in [7, 11) is 1.64. The molecule has 0 aliphatic carbocycles. The Bertz CT molecular complexity index is 835. The zero-order valence-corrected chi connectivity index (χ0v) is 17.1. The molecule has 0 radical (unpaired) electrons. The van der Waals surface area contributed by atoms with E-state index < -0.39 is 0 Å². The van der Waals surface area contributed by atoms with E-state index in [1.165, 1.54) is 11.8 Å². The molecule has 1 heterocycles. The van der Waals surface area contributed by atoms with Crippen molar-refractivity contribution in [2.24, 2.45) is 10.2 Å². The molecule has 3 rings (SSSR count). The van der Waals surface area contributed by atoms with Crippen LogP contribution >= 0.6 is 11.8 Å². The first kappa shape index (κ1) is 20.1. The van der Waals surface area contributed by atoms with Gasteiger partial charge in [0.25, 0.3) is 0 Å². The minimum absolute atomic E-state index is 0.0707. The third-order valence-electron chi connectivity index (χ3n) is 4.49. The number of nitrogens with zero attached hydrogens (tertiary/aromatic N) is 3. The van der Waals surface area contributed by atoms with Crippen LogP contribution in [-0.2, 0) is 11.3 Å². The minimum atomic E-state index is -0.0707. The van der Waals surface area contributed by atoms with Gasteiger partial charge in [0.05, 0.1) is 25.1 Å². The molecule has 1 aliphatic rings. The van der Waals surface area contributed by atoms with Gasteiger partial charge in [-0.3, -0.25) is 9.69 Å². The zero-order valence-electron chi connectivity index (χ0n) is 16.2. The summed E-state index contributed by atoms with van der Waals surface area (Å²) in [5.74, 6) is 0.925. The Kier molecular flexibility index (Phi) is 7.25. The quantitative estimate of drug-likeness (QED) is 0.480. The average molecular weight is 396 g/mol. The maximum atomic E-state index is 12.9. The maximum absolute atomic E-state index is 12.9. The highest BCUT2D eigenvalue weighted by atomic mass is 32.2. The number of methoxy groups -OCH3 is 1. The molecule has 1 amide bonds. The summed E-state index contributed by atoms with van der Waals surface area (Å²) < 4.78 is 5.16. The standard InChI is InChI=1S/C22H25N3O2S/c1-3-4-10-20-21(26)25(16-18-8-6-5-7-9-18)22(28-20)24-23-15-17-11-13-19(27-2)14-12-17/h5-9,11-15,20H,3-4,10,16H2,1-2H3/b23-15+,24-22-. The summed E-state index contributed by atoms with van der Waals surface area (Å²) in [5, 5.41) is 9.19. The smallest absolute Gasteiger partial charge is 0.242 e. The molecule has 1 aliphatic heterocycles. The van der Waals surface area contributed by atoms with E-state index in [0.29, 0.717) is 11.7 Å². The van der Waals surface area contributed by atoms with Crippen LogP contribution in [0.25, 0.3) is 0 Å². The lowest BCUT2D eigenvalue weighted by Crippen LogP contribution is -2.31. The maximum Gasteiger partial charge on any atom is 0.242 e. The summed E-state index contributed by atoms with van der Waals surface area (Å²) >= 11 is 1.52. The van der Waals surface area contributed by atoms with Gasteiger partial charge in [0.2, 0.25) is 5.91 Å². The van der Waals surface area contributed by atoms with E-state index in [1.54, 1.807) is 18.2 Å². The average Bonchev–Trinajstić information content (AvgIpc) is 3.02. The van der Waals surface area contributed by atoms with E-state index in [4.69, 9.17) is 4.74 Å². The van der Waals surface area contributed by atoms with E-state index in [2.05, 4.69) is 17.1 Å². The molecule has 1 unspecified atom stereocenters. The first-order valence-electron chi connectivity index (χ1n) is 9.48. The number of thioether (sulfide) groups is 1. The number of rotatable bonds is 8. The van der Waals surface area contributed by atoms with Crippen molar-refractivity contribution in [1.29, 1.82) is 0 Å². The zero-order chi connectivity index (χ0) is 19.8. The monoisotopic (exact) mass is 395 g/mol. The number of ether oxygens (including phenoxy) is 1. The summed E-state index contributed by atoms with van der Waals surface area (Å²) in [6, 6.07) is 17.6. The van der Waals surface area contributed by atoms with E-state index in [9.17, 15) is 4.79 Å². The molecule has 28 heavy (non-hydrogen) atoms. The van der Waals surface area contributed by atoms with Gasteiger partial charge >= 0.3 is 0 Å². The molecule has 0 spiro atoms. The molecule has 1 saturated heterocycles. The number of amides is 1. The molecular weight excluding hydrogens is 370 g/mol. The summed E-state index contributed by atoms with van der Waals surface area (Å²) in [6.07, 6.45) is 4.67. The van der Waals surface area contributed by atoms with Gasteiger partial charge in [-0.2, -0.15) is 5.10 Å². The van der Waals surface area contributed by atoms with E-state index in [0.717, 1.165) is 36.1 Å². The summed E-state index contributed by atoms with van der Waals surface area (Å²) in [5.41, 5.74) is 2.01. The fraction of sp³-hybridized carbons (Fsp3) is 0.318. The number of carbonyl (C=O) groups is 1. The van der Waals surface area contributed by atoms with Crippen molar-refractivity contribution in [1.82, 2.24) is 4.90 Å². The number of unbranched alkanes of at least 4 members (excludes halogenated alkanes) is 1. The third-order valence-corrected chi connectivity index (χ3v) is 5.72. The van der Waals surface area contributed by atoms with Crippen molar-refractivity contribution >= 4 is 29.1 Å². The van der Waals surface area contributed by atoms with Crippen molar-refractivity contribution in [3.8, 4) is 5.75 Å². The molecule has 0 saturated carbocycles. The Morgan fingerprint density at radius 3 is 2.57 bits per heavy atom. The van der Waals surface area contributed by atoms with Gasteiger partial charge in [-0.15, -0.1) is 5.10 Å². The summed E-state index contributed by atoms with van der Waals surface area (Å²) in [4.78, 5) is 14.6. The van der Waals surface area contributed by atoms with Crippen LogP contribution in [0, 0.1) is 0 Å². The molecule has 2 aromatic carbocycles. The second-order valence-corrected chi connectivity index (χ2v) is 7.73. The third kappa shape index (κ3) is 5.23. The topological polar surface area (TPSA) is 54.3 Å². The molecule has 1 atom stereocenters. The van der Waals surface area contributed by atoms with Crippen molar-refractivity contribution in [3.05, 3.63) is 65.7 Å². The van der Waals surface area contributed by atoms with Crippen LogP contribution in [0.15, 0.2) is 64.8 Å². The lowest BCUT2D eigenvalue weighted by Gasteiger charge is -2.15. The van der Waals surface area contributed by atoms with Crippen LogP contribution in [0.5, 0.6) is 5.75 Å². The van der Waals surface area contributed by atoms with Crippen molar-refractivity contribution in [2.75, 3.05) is 7.11 Å². The predicted molar refractivity (Wildman–Crippen MR) is 116 cm³/mol. The Hall–Kier alpha value is -2.60. The number of amidine groups is 1. The van der Waals surface area contributed by atoms with E-state index in [1.807, 2.05) is 54.6 Å². The highest BCUT2D eigenvalue weighted by Gasteiger charge is 2.37. The lowest BCUT2D eigenvalue weighted by molar-refractivity contribution is -0.126. The fourth-order valence-electron chi connectivity index (χ4n) is 2.91. The number of hydrogen-bond donors (Lipinski definition) is 0. The number of benzene rings is 2. The highest BCUT2D eigenvalue weighted by Crippen LogP contribution is 2.32. The molecule has 2 aromatic rings.